The maximum absolute atomic E-state index is 12.1. The van der Waals surface area contributed by atoms with Gasteiger partial charge in [-0.1, -0.05) is 35.9 Å². The summed E-state index contributed by atoms with van der Waals surface area (Å²) >= 11 is 0. The van der Waals surface area contributed by atoms with Gasteiger partial charge in [0.25, 0.3) is 0 Å². The molecular weight excluding hydrogens is 280 g/mol. The van der Waals surface area contributed by atoms with E-state index in [2.05, 4.69) is 10.4 Å². The summed E-state index contributed by atoms with van der Waals surface area (Å²) in [6.07, 6.45) is 1.63. The second-order valence-electron chi connectivity index (χ2n) is 5.13. The lowest BCUT2D eigenvalue weighted by atomic mass is 10.1. The third-order valence-electron chi connectivity index (χ3n) is 3.39. The first-order valence-corrected chi connectivity index (χ1v) is 7.00. The van der Waals surface area contributed by atoms with Crippen molar-refractivity contribution in [2.24, 2.45) is 0 Å². The van der Waals surface area contributed by atoms with E-state index < -0.39 is 0 Å². The Hall–Kier alpha value is -2.89. The van der Waals surface area contributed by atoms with E-state index in [0.717, 1.165) is 5.56 Å². The average molecular weight is 296 g/mol. The van der Waals surface area contributed by atoms with Crippen molar-refractivity contribution in [3.05, 3.63) is 70.3 Å². The molecule has 0 bridgehead atoms. The Morgan fingerprint density at radius 3 is 2.68 bits per heavy atom. The second kappa shape index (κ2) is 5.85. The van der Waals surface area contributed by atoms with Gasteiger partial charge in [-0.3, -0.25) is 9.20 Å². The Bertz CT molecular complexity index is 862. The molecular formula is C16H16N4O2. The van der Waals surface area contributed by atoms with Crippen LogP contribution in [0.1, 0.15) is 11.1 Å². The summed E-state index contributed by atoms with van der Waals surface area (Å²) in [4.78, 5) is 24.0. The Labute approximate surface area is 127 Å². The molecule has 0 radical (unpaired) electrons. The van der Waals surface area contributed by atoms with Crippen molar-refractivity contribution in [2.75, 3.05) is 0 Å². The molecule has 0 spiro atoms. The summed E-state index contributed by atoms with van der Waals surface area (Å²) < 4.78 is 2.58. The number of amides is 1. The highest BCUT2D eigenvalue weighted by atomic mass is 16.2. The maximum atomic E-state index is 12.1. The van der Waals surface area contributed by atoms with Gasteiger partial charge in [-0.25, -0.2) is 9.48 Å². The lowest BCUT2D eigenvalue weighted by Crippen LogP contribution is -2.32. The zero-order valence-electron chi connectivity index (χ0n) is 12.2. The molecule has 0 aliphatic rings. The highest BCUT2D eigenvalue weighted by Gasteiger charge is 2.09. The van der Waals surface area contributed by atoms with Crippen molar-refractivity contribution in [3.63, 3.8) is 0 Å². The quantitative estimate of drug-likeness (QED) is 0.784. The number of hydrogen-bond acceptors (Lipinski definition) is 3. The Morgan fingerprint density at radius 2 is 1.95 bits per heavy atom. The summed E-state index contributed by atoms with van der Waals surface area (Å²) in [5, 5.41) is 6.92. The van der Waals surface area contributed by atoms with E-state index in [9.17, 15) is 9.59 Å². The minimum atomic E-state index is -0.318. The van der Waals surface area contributed by atoms with Crippen LogP contribution in [0, 0.1) is 6.92 Å². The van der Waals surface area contributed by atoms with Crippen LogP contribution in [0.15, 0.2) is 53.5 Å². The van der Waals surface area contributed by atoms with Crippen LogP contribution in [-0.2, 0) is 17.9 Å². The lowest BCUT2D eigenvalue weighted by Gasteiger charge is -2.05. The molecule has 3 rings (SSSR count). The van der Waals surface area contributed by atoms with Gasteiger partial charge in [-0.05, 0) is 24.6 Å². The summed E-state index contributed by atoms with van der Waals surface area (Å²) in [6, 6.07) is 13.2. The predicted molar refractivity (Wildman–Crippen MR) is 82.5 cm³/mol. The fraction of sp³-hybridized carbons (Fsp3) is 0.188. The Kier molecular flexibility index (Phi) is 3.74. The van der Waals surface area contributed by atoms with Crippen LogP contribution in [0.4, 0.5) is 0 Å². The molecule has 0 fully saturated rings. The van der Waals surface area contributed by atoms with Crippen molar-refractivity contribution in [2.45, 2.75) is 20.0 Å². The molecule has 1 aromatic carbocycles. The number of benzene rings is 1. The predicted octanol–water partition coefficient (Wildman–Crippen LogP) is 1.12. The highest BCUT2D eigenvalue weighted by molar-refractivity contribution is 5.75. The second-order valence-corrected chi connectivity index (χ2v) is 5.13. The zero-order valence-corrected chi connectivity index (χ0v) is 12.2. The molecule has 3 aromatic rings. The van der Waals surface area contributed by atoms with Gasteiger partial charge < -0.3 is 5.32 Å². The number of carbonyl (C=O) groups excluding carboxylic acids is 1. The van der Waals surface area contributed by atoms with Gasteiger partial charge >= 0.3 is 5.69 Å². The van der Waals surface area contributed by atoms with Crippen molar-refractivity contribution in [1.29, 1.82) is 0 Å². The summed E-state index contributed by atoms with van der Waals surface area (Å²) in [6.45, 7) is 2.35. The van der Waals surface area contributed by atoms with Gasteiger partial charge in [0.2, 0.25) is 5.91 Å². The molecule has 112 valence electrons. The monoisotopic (exact) mass is 296 g/mol. The zero-order chi connectivity index (χ0) is 15.5. The van der Waals surface area contributed by atoms with Crippen LogP contribution in [0.3, 0.4) is 0 Å². The normalized spacial score (nSPS) is 10.8. The van der Waals surface area contributed by atoms with Crippen LogP contribution in [0.2, 0.25) is 0 Å². The van der Waals surface area contributed by atoms with E-state index in [4.69, 9.17) is 0 Å². The SMILES string of the molecule is Cc1ccc(CNC(=O)Cn2nc3ccccn3c2=O)cc1. The van der Waals surface area contributed by atoms with Crippen LogP contribution < -0.4 is 11.0 Å². The van der Waals surface area contributed by atoms with Crippen LogP contribution in [-0.4, -0.2) is 20.1 Å². The molecule has 2 aromatic heterocycles. The molecule has 0 atom stereocenters. The fourth-order valence-corrected chi connectivity index (χ4v) is 2.17. The minimum absolute atomic E-state index is 0.0909. The van der Waals surface area contributed by atoms with E-state index in [1.54, 1.807) is 24.4 Å². The Morgan fingerprint density at radius 1 is 1.18 bits per heavy atom. The van der Waals surface area contributed by atoms with Gasteiger partial charge in [0.15, 0.2) is 5.65 Å². The average Bonchev–Trinajstić information content (AvgIpc) is 2.83. The molecule has 1 N–H and O–H groups in total. The van der Waals surface area contributed by atoms with Gasteiger partial charge in [0.1, 0.15) is 6.54 Å². The third kappa shape index (κ3) is 2.90. The van der Waals surface area contributed by atoms with Gasteiger partial charge in [0.05, 0.1) is 0 Å². The highest BCUT2D eigenvalue weighted by Crippen LogP contribution is 2.02. The molecule has 6 heteroatoms. The lowest BCUT2D eigenvalue weighted by molar-refractivity contribution is -0.122. The van der Waals surface area contributed by atoms with Crippen molar-refractivity contribution >= 4 is 11.6 Å². The van der Waals surface area contributed by atoms with E-state index in [1.165, 1.54) is 14.6 Å². The summed E-state index contributed by atoms with van der Waals surface area (Å²) in [7, 11) is 0. The first-order valence-electron chi connectivity index (χ1n) is 7.00. The summed E-state index contributed by atoms with van der Waals surface area (Å²) in [5.41, 5.74) is 2.40. The van der Waals surface area contributed by atoms with Crippen molar-refractivity contribution in [3.8, 4) is 0 Å². The fourth-order valence-electron chi connectivity index (χ4n) is 2.17. The molecule has 0 unspecified atom stereocenters. The minimum Gasteiger partial charge on any atom is -0.350 e. The van der Waals surface area contributed by atoms with E-state index >= 15 is 0 Å². The molecule has 0 saturated heterocycles. The van der Waals surface area contributed by atoms with Crippen LogP contribution >= 0.6 is 0 Å². The van der Waals surface area contributed by atoms with Crippen LogP contribution in [0.5, 0.6) is 0 Å². The van der Waals surface area contributed by atoms with Crippen LogP contribution in [0.25, 0.3) is 5.65 Å². The number of nitrogens with one attached hydrogen (secondary N) is 1. The number of aromatic nitrogens is 3. The number of hydrogen-bond donors (Lipinski definition) is 1. The largest absolute Gasteiger partial charge is 0.350 e. The van der Waals surface area contributed by atoms with Gasteiger partial charge in [-0.15, -0.1) is 5.10 Å². The molecule has 1 amide bonds. The van der Waals surface area contributed by atoms with Gasteiger partial charge in [-0.2, -0.15) is 0 Å². The molecule has 6 nitrogen and oxygen atoms in total. The third-order valence-corrected chi connectivity index (χ3v) is 3.39. The Balaban J connectivity index is 1.67. The number of rotatable bonds is 4. The molecule has 0 aliphatic heterocycles. The van der Waals surface area contributed by atoms with E-state index in [1.807, 2.05) is 31.2 Å². The topological polar surface area (TPSA) is 68.4 Å². The summed E-state index contributed by atoms with van der Waals surface area (Å²) in [5.74, 6) is -0.244. The molecule has 0 aliphatic carbocycles. The van der Waals surface area contributed by atoms with E-state index in [-0.39, 0.29) is 18.1 Å². The van der Waals surface area contributed by atoms with E-state index in [0.29, 0.717) is 12.2 Å². The van der Waals surface area contributed by atoms with Crippen molar-refractivity contribution < 1.29 is 4.79 Å². The standard InChI is InChI=1S/C16H16N4O2/c1-12-5-7-13(8-6-12)10-17-15(21)11-20-16(22)19-9-3-2-4-14(19)18-20/h2-9H,10-11H2,1H3,(H,17,21). The maximum Gasteiger partial charge on any atom is 0.350 e. The van der Waals surface area contributed by atoms with Crippen molar-refractivity contribution in [1.82, 2.24) is 19.5 Å². The molecule has 22 heavy (non-hydrogen) atoms. The number of pyridine rings is 1. The molecule has 2 heterocycles. The number of fused-ring (bicyclic) bond motifs is 1. The number of nitrogens with zero attached hydrogens (tertiary/aromatic N) is 3. The first-order chi connectivity index (χ1) is 10.6. The van der Waals surface area contributed by atoms with Gasteiger partial charge in [0, 0.05) is 12.7 Å². The molecule has 0 saturated carbocycles. The number of aryl methyl sites for hydroxylation is 1. The number of carbonyl (C=O) groups is 1. The smallest absolute Gasteiger partial charge is 0.350 e. The first kappa shape index (κ1) is 14.1.